The van der Waals surface area contributed by atoms with Crippen LogP contribution in [0.15, 0.2) is 59.6 Å². The first-order valence-electron chi connectivity index (χ1n) is 11.4. The number of guanidine groups is 1. The van der Waals surface area contributed by atoms with Gasteiger partial charge in [-0.2, -0.15) is 0 Å². The van der Waals surface area contributed by atoms with E-state index in [9.17, 15) is 0 Å². The van der Waals surface area contributed by atoms with Gasteiger partial charge in [0.25, 0.3) is 0 Å². The molecule has 6 nitrogen and oxygen atoms in total. The molecule has 1 aliphatic rings. The second-order valence-electron chi connectivity index (χ2n) is 7.90. The predicted octanol–water partition coefficient (Wildman–Crippen LogP) is 4.04. The van der Waals surface area contributed by atoms with Crippen LogP contribution >= 0.6 is 0 Å². The lowest BCUT2D eigenvalue weighted by Gasteiger charge is -2.18. The molecule has 0 saturated carbocycles. The molecule has 0 amide bonds. The van der Waals surface area contributed by atoms with E-state index in [1.807, 2.05) is 0 Å². The third kappa shape index (κ3) is 7.31. The van der Waals surface area contributed by atoms with Crippen molar-refractivity contribution in [3.63, 3.8) is 0 Å². The molecule has 32 heavy (non-hydrogen) atoms. The van der Waals surface area contributed by atoms with Crippen LogP contribution in [-0.2, 0) is 17.8 Å². The number of anilines is 1. The molecule has 3 rings (SSSR count). The monoisotopic (exact) mass is 436 g/mol. The van der Waals surface area contributed by atoms with Crippen LogP contribution in [0.5, 0.6) is 5.75 Å². The second-order valence-corrected chi connectivity index (χ2v) is 7.90. The molecule has 0 aromatic heterocycles. The summed E-state index contributed by atoms with van der Waals surface area (Å²) in [5, 5.41) is 6.78. The van der Waals surface area contributed by atoms with Gasteiger partial charge in [-0.3, -0.25) is 0 Å². The van der Waals surface area contributed by atoms with Crippen LogP contribution in [0.4, 0.5) is 5.69 Å². The van der Waals surface area contributed by atoms with Crippen molar-refractivity contribution in [1.82, 2.24) is 10.6 Å². The molecule has 6 heteroatoms. The van der Waals surface area contributed by atoms with E-state index in [1.54, 1.807) is 7.11 Å². The van der Waals surface area contributed by atoms with Crippen LogP contribution in [0, 0.1) is 6.92 Å². The molecule has 0 fully saturated rings. The van der Waals surface area contributed by atoms with Crippen molar-refractivity contribution in [3.8, 4) is 5.75 Å². The van der Waals surface area contributed by atoms with Gasteiger partial charge < -0.3 is 25.0 Å². The number of benzene rings is 2. The number of methoxy groups -OCH3 is 1. The fourth-order valence-corrected chi connectivity index (χ4v) is 3.52. The summed E-state index contributed by atoms with van der Waals surface area (Å²) < 4.78 is 11.1. The van der Waals surface area contributed by atoms with Crippen molar-refractivity contribution < 1.29 is 9.47 Å². The Hall–Kier alpha value is -2.99. The van der Waals surface area contributed by atoms with E-state index in [0.717, 1.165) is 43.3 Å². The summed E-state index contributed by atoms with van der Waals surface area (Å²) >= 11 is 0. The summed E-state index contributed by atoms with van der Waals surface area (Å²) in [6.07, 6.45) is 5.28. The Morgan fingerprint density at radius 3 is 2.53 bits per heavy atom. The number of ether oxygens (including phenoxy) is 2. The first kappa shape index (κ1) is 23.7. The lowest BCUT2D eigenvalue weighted by molar-refractivity contribution is 0.171. The van der Waals surface area contributed by atoms with Gasteiger partial charge in [-0.25, -0.2) is 4.99 Å². The Bertz CT molecular complexity index is 885. The Kier molecular flexibility index (Phi) is 9.44. The number of aliphatic imine (C=N–C) groups is 1. The number of hydrogen-bond acceptors (Lipinski definition) is 4. The van der Waals surface area contributed by atoms with E-state index in [4.69, 9.17) is 14.5 Å². The van der Waals surface area contributed by atoms with Crippen LogP contribution in [-0.4, -0.2) is 45.9 Å². The largest absolute Gasteiger partial charge is 0.493 e. The number of nitrogens with zero attached hydrogens (tertiary/aromatic N) is 2. The second kappa shape index (κ2) is 12.8. The van der Waals surface area contributed by atoms with Crippen molar-refractivity contribution in [3.05, 3.63) is 71.3 Å². The van der Waals surface area contributed by atoms with E-state index < -0.39 is 0 Å². The molecular formula is C26H36N4O2. The molecule has 1 aliphatic heterocycles. The quantitative estimate of drug-likeness (QED) is 0.241. The van der Waals surface area contributed by atoms with Crippen molar-refractivity contribution in [1.29, 1.82) is 0 Å². The minimum absolute atomic E-state index is 0.627. The van der Waals surface area contributed by atoms with E-state index in [2.05, 4.69) is 84.0 Å². The van der Waals surface area contributed by atoms with Gasteiger partial charge in [-0.05, 0) is 43.2 Å². The molecule has 0 saturated heterocycles. The maximum Gasteiger partial charge on any atom is 0.191 e. The SMILES string of the molecule is CCNC(=NCc1ccc(N2CC=CC2)cc1)NCc1ccc(C)cc1OCCCOC. The van der Waals surface area contributed by atoms with Crippen LogP contribution in [0.3, 0.4) is 0 Å². The van der Waals surface area contributed by atoms with Crippen LogP contribution in [0.25, 0.3) is 0 Å². The Labute approximate surface area is 192 Å². The minimum atomic E-state index is 0.627. The normalized spacial score (nSPS) is 13.5. The van der Waals surface area contributed by atoms with Crippen LogP contribution < -0.4 is 20.3 Å². The van der Waals surface area contributed by atoms with E-state index in [0.29, 0.717) is 26.3 Å². The standard InChI is InChI=1S/C26H36N4O2/c1-4-27-26(28-19-22-9-12-24(13-10-22)30-14-5-6-15-30)29-20-23-11-8-21(2)18-25(23)32-17-7-16-31-3/h5-6,8-13,18H,4,7,14-17,19-20H2,1-3H3,(H2,27,28,29). The number of hydrogen-bond donors (Lipinski definition) is 2. The lowest BCUT2D eigenvalue weighted by Crippen LogP contribution is -2.36. The van der Waals surface area contributed by atoms with E-state index >= 15 is 0 Å². The van der Waals surface area contributed by atoms with Gasteiger partial charge >= 0.3 is 0 Å². The number of nitrogens with one attached hydrogen (secondary N) is 2. The van der Waals surface area contributed by atoms with Gasteiger partial charge in [0.05, 0.1) is 13.2 Å². The molecule has 0 radical (unpaired) electrons. The highest BCUT2D eigenvalue weighted by molar-refractivity contribution is 5.79. The molecule has 172 valence electrons. The molecule has 0 unspecified atom stereocenters. The highest BCUT2D eigenvalue weighted by Gasteiger charge is 2.08. The van der Waals surface area contributed by atoms with E-state index in [-0.39, 0.29) is 0 Å². The summed E-state index contributed by atoms with van der Waals surface area (Å²) in [4.78, 5) is 7.11. The van der Waals surface area contributed by atoms with Gasteiger partial charge in [-0.15, -0.1) is 0 Å². The predicted molar refractivity (Wildman–Crippen MR) is 133 cm³/mol. The first-order valence-corrected chi connectivity index (χ1v) is 11.4. The fourth-order valence-electron chi connectivity index (χ4n) is 3.52. The lowest BCUT2D eigenvalue weighted by atomic mass is 10.1. The molecule has 2 aromatic rings. The highest BCUT2D eigenvalue weighted by Crippen LogP contribution is 2.21. The van der Waals surface area contributed by atoms with Gasteiger partial charge in [0, 0.05) is 57.6 Å². The summed E-state index contributed by atoms with van der Waals surface area (Å²) in [5.74, 6) is 1.71. The van der Waals surface area contributed by atoms with Crippen molar-refractivity contribution in [2.45, 2.75) is 33.4 Å². The van der Waals surface area contributed by atoms with Gasteiger partial charge in [-0.1, -0.05) is 36.4 Å². The number of aryl methyl sites for hydroxylation is 1. The molecular weight excluding hydrogens is 400 g/mol. The molecule has 0 atom stereocenters. The summed E-state index contributed by atoms with van der Waals surface area (Å²) in [5.41, 5.74) is 4.74. The Morgan fingerprint density at radius 2 is 1.81 bits per heavy atom. The fraction of sp³-hybridized carbons (Fsp3) is 0.423. The smallest absolute Gasteiger partial charge is 0.191 e. The van der Waals surface area contributed by atoms with Crippen molar-refractivity contribution in [2.24, 2.45) is 4.99 Å². The van der Waals surface area contributed by atoms with Crippen LogP contribution in [0.1, 0.15) is 30.0 Å². The maximum atomic E-state index is 6.01. The zero-order valence-corrected chi connectivity index (χ0v) is 19.6. The third-order valence-electron chi connectivity index (χ3n) is 5.30. The zero-order valence-electron chi connectivity index (χ0n) is 19.6. The van der Waals surface area contributed by atoms with Crippen molar-refractivity contribution >= 4 is 11.6 Å². The Morgan fingerprint density at radius 1 is 1.03 bits per heavy atom. The molecule has 0 spiro atoms. The van der Waals surface area contributed by atoms with Crippen molar-refractivity contribution in [2.75, 3.05) is 44.9 Å². The molecule has 2 N–H and O–H groups in total. The summed E-state index contributed by atoms with van der Waals surface area (Å²) in [6, 6.07) is 15.0. The summed E-state index contributed by atoms with van der Waals surface area (Å²) in [6.45, 7) is 9.55. The first-order chi connectivity index (χ1) is 15.7. The Balaban J connectivity index is 1.58. The van der Waals surface area contributed by atoms with E-state index in [1.165, 1.54) is 16.8 Å². The molecule has 2 aromatic carbocycles. The van der Waals surface area contributed by atoms with Gasteiger partial charge in [0.2, 0.25) is 0 Å². The minimum Gasteiger partial charge on any atom is -0.493 e. The molecule has 0 aliphatic carbocycles. The third-order valence-corrected chi connectivity index (χ3v) is 5.30. The number of rotatable bonds is 11. The average Bonchev–Trinajstić information content (AvgIpc) is 3.35. The average molecular weight is 437 g/mol. The maximum absolute atomic E-state index is 6.01. The summed E-state index contributed by atoms with van der Waals surface area (Å²) in [7, 11) is 1.71. The van der Waals surface area contributed by atoms with Gasteiger partial charge in [0.15, 0.2) is 5.96 Å². The zero-order chi connectivity index (χ0) is 22.6. The van der Waals surface area contributed by atoms with Gasteiger partial charge in [0.1, 0.15) is 5.75 Å². The molecule has 0 bridgehead atoms. The topological polar surface area (TPSA) is 58.1 Å². The molecule has 1 heterocycles. The van der Waals surface area contributed by atoms with Crippen LogP contribution in [0.2, 0.25) is 0 Å². The highest BCUT2D eigenvalue weighted by atomic mass is 16.5.